The van der Waals surface area contributed by atoms with Crippen LogP contribution in [0, 0.1) is 11.3 Å². The molecule has 0 aromatic heterocycles. The van der Waals surface area contributed by atoms with E-state index in [0.717, 1.165) is 12.8 Å². The van der Waals surface area contributed by atoms with Gasteiger partial charge in [0, 0.05) is 6.54 Å². The van der Waals surface area contributed by atoms with E-state index in [2.05, 4.69) is 34.5 Å². The van der Waals surface area contributed by atoms with E-state index in [9.17, 15) is 8.42 Å². The molecular weight excluding hydrogens is 342 g/mol. The molecule has 1 fully saturated rings. The van der Waals surface area contributed by atoms with Crippen LogP contribution in [0.25, 0.3) is 0 Å². The summed E-state index contributed by atoms with van der Waals surface area (Å²) in [5, 5.41) is 0. The molecule has 0 unspecified atom stereocenters. The predicted octanol–water partition coefficient (Wildman–Crippen LogP) is 3.17. The van der Waals surface area contributed by atoms with Crippen LogP contribution in [0.15, 0.2) is 27.6 Å². The van der Waals surface area contributed by atoms with Gasteiger partial charge in [-0.3, -0.25) is 0 Å². The smallest absolute Gasteiger partial charge is 0.240 e. The first-order chi connectivity index (χ1) is 9.31. The summed E-state index contributed by atoms with van der Waals surface area (Å²) in [7, 11) is -1.92. The molecule has 0 aliphatic heterocycles. The van der Waals surface area contributed by atoms with Gasteiger partial charge in [0.05, 0.1) is 16.5 Å². The van der Waals surface area contributed by atoms with Crippen LogP contribution >= 0.6 is 15.9 Å². The second-order valence-electron chi connectivity index (χ2n) is 5.64. The third kappa shape index (κ3) is 3.18. The molecule has 0 bridgehead atoms. The second kappa shape index (κ2) is 5.66. The predicted molar refractivity (Wildman–Crippen MR) is 82.4 cm³/mol. The van der Waals surface area contributed by atoms with Crippen LogP contribution in [0.3, 0.4) is 0 Å². The fraction of sp³-hybridized carbons (Fsp3) is 0.571. The molecule has 1 saturated carbocycles. The highest BCUT2D eigenvalue weighted by atomic mass is 79.9. The Hall–Kier alpha value is -0.590. The number of sulfonamides is 1. The average molecular weight is 362 g/mol. The van der Waals surface area contributed by atoms with E-state index in [1.165, 1.54) is 0 Å². The number of nitrogens with one attached hydrogen (secondary N) is 1. The lowest BCUT2D eigenvalue weighted by Crippen LogP contribution is -2.32. The third-order valence-corrected chi connectivity index (χ3v) is 6.18. The molecule has 2 rings (SSSR count). The molecule has 0 heterocycles. The molecule has 6 heteroatoms. The van der Waals surface area contributed by atoms with Gasteiger partial charge in [-0.25, -0.2) is 13.1 Å². The van der Waals surface area contributed by atoms with Crippen LogP contribution < -0.4 is 9.46 Å². The van der Waals surface area contributed by atoms with Crippen molar-refractivity contribution >= 4 is 26.0 Å². The molecule has 20 heavy (non-hydrogen) atoms. The quantitative estimate of drug-likeness (QED) is 0.846. The largest absolute Gasteiger partial charge is 0.496 e. The van der Waals surface area contributed by atoms with E-state index >= 15 is 0 Å². The van der Waals surface area contributed by atoms with Crippen molar-refractivity contribution in [3.63, 3.8) is 0 Å². The van der Waals surface area contributed by atoms with E-state index in [1.54, 1.807) is 25.3 Å². The molecule has 0 atom stereocenters. The first-order valence-corrected chi connectivity index (χ1v) is 8.91. The molecule has 0 saturated heterocycles. The zero-order chi connectivity index (χ0) is 15.0. The lowest BCUT2D eigenvalue weighted by molar-refractivity contribution is 0.357. The van der Waals surface area contributed by atoms with Gasteiger partial charge in [0.25, 0.3) is 0 Å². The lowest BCUT2D eigenvalue weighted by atomic mass is 9.93. The zero-order valence-electron chi connectivity index (χ0n) is 11.9. The van der Waals surface area contributed by atoms with E-state index in [4.69, 9.17) is 4.74 Å². The monoisotopic (exact) mass is 361 g/mol. The summed E-state index contributed by atoms with van der Waals surface area (Å²) in [4.78, 5) is 0.254. The molecular formula is C14H20BrNO3S. The average Bonchev–Trinajstić information content (AvgIpc) is 3.17. The molecule has 1 aliphatic rings. The van der Waals surface area contributed by atoms with Gasteiger partial charge in [0.2, 0.25) is 10.0 Å². The summed E-state index contributed by atoms with van der Waals surface area (Å²) < 4.78 is 33.1. The Labute approximate surface area is 129 Å². The summed E-state index contributed by atoms with van der Waals surface area (Å²) in [5.41, 5.74) is 0.150. The Kier molecular flexibility index (Phi) is 4.47. The molecule has 112 valence electrons. The van der Waals surface area contributed by atoms with Crippen LogP contribution in [0.1, 0.15) is 26.7 Å². The Morgan fingerprint density at radius 1 is 1.40 bits per heavy atom. The molecule has 4 nitrogen and oxygen atoms in total. The maximum atomic E-state index is 12.3. The number of halogens is 1. The Bertz CT molecular complexity index is 594. The van der Waals surface area contributed by atoms with Gasteiger partial charge >= 0.3 is 0 Å². The third-order valence-electron chi connectivity index (χ3n) is 4.16. The molecule has 1 aromatic rings. The van der Waals surface area contributed by atoms with Crippen molar-refractivity contribution in [3.05, 3.63) is 22.7 Å². The molecule has 0 amide bonds. The molecule has 1 aromatic carbocycles. The van der Waals surface area contributed by atoms with Crippen molar-refractivity contribution in [2.24, 2.45) is 11.3 Å². The van der Waals surface area contributed by atoms with Crippen LogP contribution in [0.4, 0.5) is 0 Å². The summed E-state index contributed by atoms with van der Waals surface area (Å²) in [6.45, 7) is 4.80. The highest BCUT2D eigenvalue weighted by molar-refractivity contribution is 9.10. The first kappa shape index (κ1) is 15.8. The van der Waals surface area contributed by atoms with Gasteiger partial charge in [-0.1, -0.05) is 13.8 Å². The maximum absolute atomic E-state index is 12.3. The van der Waals surface area contributed by atoms with Crippen molar-refractivity contribution in [2.45, 2.75) is 31.6 Å². The van der Waals surface area contributed by atoms with Crippen molar-refractivity contribution < 1.29 is 13.2 Å². The fourth-order valence-electron chi connectivity index (χ4n) is 2.26. The molecule has 0 radical (unpaired) electrons. The normalized spacial score (nSPS) is 17.2. The number of hydrogen-bond acceptors (Lipinski definition) is 3. The lowest BCUT2D eigenvalue weighted by Gasteiger charge is -2.20. The summed E-state index contributed by atoms with van der Waals surface area (Å²) >= 11 is 3.31. The van der Waals surface area contributed by atoms with Crippen LogP contribution in [0.5, 0.6) is 5.75 Å². The summed E-state index contributed by atoms with van der Waals surface area (Å²) in [6.07, 6.45) is 2.19. The van der Waals surface area contributed by atoms with Gasteiger partial charge in [0.15, 0.2) is 0 Å². The summed E-state index contributed by atoms with van der Waals surface area (Å²) in [6, 6.07) is 4.77. The van der Waals surface area contributed by atoms with Crippen molar-refractivity contribution in [1.29, 1.82) is 0 Å². The fourth-order valence-corrected chi connectivity index (χ4v) is 4.11. The second-order valence-corrected chi connectivity index (χ2v) is 8.26. The number of hydrogen-bond donors (Lipinski definition) is 1. The van der Waals surface area contributed by atoms with E-state index in [-0.39, 0.29) is 10.3 Å². The van der Waals surface area contributed by atoms with E-state index in [0.29, 0.717) is 22.7 Å². The van der Waals surface area contributed by atoms with Crippen LogP contribution in [-0.4, -0.2) is 22.1 Å². The first-order valence-electron chi connectivity index (χ1n) is 6.64. The number of benzene rings is 1. The Balaban J connectivity index is 2.13. The van der Waals surface area contributed by atoms with Crippen LogP contribution in [-0.2, 0) is 10.0 Å². The van der Waals surface area contributed by atoms with E-state index < -0.39 is 10.0 Å². The minimum atomic E-state index is -3.47. The Morgan fingerprint density at radius 3 is 2.50 bits per heavy atom. The van der Waals surface area contributed by atoms with Crippen molar-refractivity contribution in [3.8, 4) is 5.75 Å². The van der Waals surface area contributed by atoms with Crippen molar-refractivity contribution in [2.75, 3.05) is 13.7 Å². The number of ether oxygens (including phenoxy) is 1. The maximum Gasteiger partial charge on any atom is 0.240 e. The zero-order valence-corrected chi connectivity index (χ0v) is 14.3. The highest BCUT2D eigenvalue weighted by Gasteiger charge is 2.45. The van der Waals surface area contributed by atoms with Gasteiger partial charge in [-0.05, 0) is 58.3 Å². The van der Waals surface area contributed by atoms with Gasteiger partial charge in [0.1, 0.15) is 5.75 Å². The minimum absolute atomic E-state index is 0.150. The SMILES string of the molecule is COc1ccc(S(=O)(=O)NCC2(C(C)C)CC2)cc1Br. The van der Waals surface area contributed by atoms with Crippen molar-refractivity contribution in [1.82, 2.24) is 4.72 Å². The number of rotatable bonds is 6. The highest BCUT2D eigenvalue weighted by Crippen LogP contribution is 2.51. The number of methoxy groups -OCH3 is 1. The molecule has 1 aliphatic carbocycles. The molecule has 0 spiro atoms. The van der Waals surface area contributed by atoms with Gasteiger partial charge in [-0.15, -0.1) is 0 Å². The van der Waals surface area contributed by atoms with Gasteiger partial charge in [-0.2, -0.15) is 0 Å². The standard InChI is InChI=1S/C14H20BrNO3S/c1-10(2)14(6-7-14)9-16-20(17,18)11-4-5-13(19-3)12(15)8-11/h4-5,8,10,16H,6-7,9H2,1-3H3. The van der Waals surface area contributed by atoms with Gasteiger partial charge < -0.3 is 4.74 Å². The van der Waals surface area contributed by atoms with Crippen LogP contribution in [0.2, 0.25) is 0 Å². The molecule has 1 N–H and O–H groups in total. The van der Waals surface area contributed by atoms with E-state index in [1.807, 2.05) is 0 Å². The minimum Gasteiger partial charge on any atom is -0.496 e. The topological polar surface area (TPSA) is 55.4 Å². The Morgan fingerprint density at radius 2 is 2.05 bits per heavy atom. The summed E-state index contributed by atoms with van der Waals surface area (Å²) in [5.74, 6) is 1.11.